The molecule has 2 heterocycles. The number of nitrogens with one attached hydrogen (secondary N) is 2. The van der Waals surface area contributed by atoms with E-state index in [9.17, 15) is 13.2 Å². The molecule has 0 bridgehead atoms. The largest absolute Gasteiger partial charge is 0.477 e. The van der Waals surface area contributed by atoms with E-state index in [2.05, 4.69) is 9.71 Å². The van der Waals surface area contributed by atoms with Gasteiger partial charge in [0.15, 0.2) is 0 Å². The van der Waals surface area contributed by atoms with E-state index in [0.29, 0.717) is 12.1 Å². The van der Waals surface area contributed by atoms with Gasteiger partial charge in [-0.05, 0) is 33.1 Å². The van der Waals surface area contributed by atoms with Gasteiger partial charge >= 0.3 is 5.97 Å². The Kier molecular flexibility index (Phi) is 4.70. The summed E-state index contributed by atoms with van der Waals surface area (Å²) in [5.41, 5.74) is 0.464. The van der Waals surface area contributed by atoms with Crippen molar-refractivity contribution in [2.75, 3.05) is 13.2 Å². The Morgan fingerprint density at radius 1 is 1.48 bits per heavy atom. The number of sulfonamides is 1. The number of aromatic carboxylic acids is 1. The van der Waals surface area contributed by atoms with Gasteiger partial charge in [0.1, 0.15) is 10.6 Å². The van der Waals surface area contributed by atoms with Crippen molar-refractivity contribution in [3.05, 3.63) is 17.0 Å². The molecular weight excluding hydrogens is 296 g/mol. The number of carboxylic acid groups (broad SMARTS) is 1. The lowest BCUT2D eigenvalue weighted by atomic mass is 10.2. The van der Waals surface area contributed by atoms with Gasteiger partial charge in [-0.25, -0.2) is 17.9 Å². The molecule has 0 aliphatic carbocycles. The summed E-state index contributed by atoms with van der Waals surface area (Å²) in [5.74, 6) is -1.17. The molecule has 2 rings (SSSR count). The molecule has 1 atom stereocenters. The van der Waals surface area contributed by atoms with Crippen LogP contribution in [0.1, 0.15) is 41.0 Å². The Labute approximate surface area is 123 Å². The standard InChI is InChI=1S/C13H20N2O5S/c1-8-11(13(16)17)15-9(2)12(8)21(18,19)14-6-5-10-4-3-7-20-10/h10,14-15H,3-7H2,1-2H3,(H,16,17). The highest BCUT2D eigenvalue weighted by Crippen LogP contribution is 2.23. The van der Waals surface area contributed by atoms with E-state index < -0.39 is 16.0 Å². The van der Waals surface area contributed by atoms with E-state index in [1.807, 2.05) is 0 Å². The van der Waals surface area contributed by atoms with E-state index >= 15 is 0 Å². The van der Waals surface area contributed by atoms with Crippen LogP contribution in [0.25, 0.3) is 0 Å². The zero-order valence-corrected chi connectivity index (χ0v) is 12.9. The van der Waals surface area contributed by atoms with Gasteiger partial charge < -0.3 is 14.8 Å². The van der Waals surface area contributed by atoms with Gasteiger partial charge in [0.25, 0.3) is 0 Å². The zero-order valence-electron chi connectivity index (χ0n) is 12.1. The summed E-state index contributed by atoms with van der Waals surface area (Å²) in [5, 5.41) is 9.03. The molecule has 0 spiro atoms. The molecule has 1 fully saturated rings. The van der Waals surface area contributed by atoms with Crippen LogP contribution in [-0.2, 0) is 14.8 Å². The van der Waals surface area contributed by atoms with Crippen molar-refractivity contribution in [1.29, 1.82) is 0 Å². The van der Waals surface area contributed by atoms with Crippen molar-refractivity contribution in [3.8, 4) is 0 Å². The second kappa shape index (κ2) is 6.17. The van der Waals surface area contributed by atoms with E-state index in [1.165, 1.54) is 6.92 Å². The third-order valence-electron chi connectivity index (χ3n) is 3.63. The van der Waals surface area contributed by atoms with Gasteiger partial charge in [0.2, 0.25) is 10.0 Å². The topological polar surface area (TPSA) is 108 Å². The molecule has 118 valence electrons. The van der Waals surface area contributed by atoms with Gasteiger partial charge in [0.05, 0.1) is 6.10 Å². The lowest BCUT2D eigenvalue weighted by Gasteiger charge is -2.11. The first-order valence-corrected chi connectivity index (χ1v) is 8.35. The Hall–Kier alpha value is -1.38. The third kappa shape index (κ3) is 3.45. The molecule has 0 radical (unpaired) electrons. The molecule has 8 heteroatoms. The van der Waals surface area contributed by atoms with E-state index in [1.54, 1.807) is 6.92 Å². The molecule has 0 saturated carbocycles. The highest BCUT2D eigenvalue weighted by atomic mass is 32.2. The summed E-state index contributed by atoms with van der Waals surface area (Å²) < 4.78 is 32.6. The first kappa shape index (κ1) is 16.0. The van der Waals surface area contributed by atoms with Crippen LogP contribution in [-0.4, -0.2) is 43.7 Å². The summed E-state index contributed by atoms with van der Waals surface area (Å²) in [7, 11) is -3.73. The monoisotopic (exact) mass is 316 g/mol. The smallest absolute Gasteiger partial charge is 0.352 e. The number of aromatic nitrogens is 1. The van der Waals surface area contributed by atoms with Gasteiger partial charge in [-0.2, -0.15) is 0 Å². The highest BCUT2D eigenvalue weighted by molar-refractivity contribution is 7.89. The average Bonchev–Trinajstić information content (AvgIpc) is 2.97. The van der Waals surface area contributed by atoms with Crippen LogP contribution in [0.5, 0.6) is 0 Å². The minimum atomic E-state index is -3.73. The molecule has 1 aromatic heterocycles. The zero-order chi connectivity index (χ0) is 15.6. The lowest BCUT2D eigenvalue weighted by Crippen LogP contribution is -2.28. The maximum absolute atomic E-state index is 12.3. The minimum Gasteiger partial charge on any atom is -0.477 e. The molecule has 0 aromatic carbocycles. The maximum atomic E-state index is 12.3. The van der Waals surface area contributed by atoms with Crippen LogP contribution in [0, 0.1) is 13.8 Å². The fourth-order valence-electron chi connectivity index (χ4n) is 2.65. The molecule has 21 heavy (non-hydrogen) atoms. The van der Waals surface area contributed by atoms with Crippen LogP contribution < -0.4 is 4.72 Å². The van der Waals surface area contributed by atoms with Crippen LogP contribution in [0.2, 0.25) is 0 Å². The predicted molar refractivity (Wildman–Crippen MR) is 76.0 cm³/mol. The molecule has 1 aromatic rings. The molecular formula is C13H20N2O5S. The fraction of sp³-hybridized carbons (Fsp3) is 0.615. The number of rotatable bonds is 6. The predicted octanol–water partition coefficient (Wildman–Crippen LogP) is 1.18. The van der Waals surface area contributed by atoms with Crippen molar-refractivity contribution in [2.45, 2.75) is 44.1 Å². The lowest BCUT2D eigenvalue weighted by molar-refractivity contribution is 0.0690. The van der Waals surface area contributed by atoms with Crippen LogP contribution >= 0.6 is 0 Å². The number of carbonyl (C=O) groups is 1. The van der Waals surface area contributed by atoms with Crippen molar-refractivity contribution in [2.24, 2.45) is 0 Å². The van der Waals surface area contributed by atoms with Gasteiger partial charge in [-0.1, -0.05) is 0 Å². The summed E-state index contributed by atoms with van der Waals surface area (Å²) in [6, 6.07) is 0. The Morgan fingerprint density at radius 3 is 2.71 bits per heavy atom. The fourth-order valence-corrected chi connectivity index (χ4v) is 4.14. The van der Waals surface area contributed by atoms with E-state index in [4.69, 9.17) is 9.84 Å². The molecule has 1 aliphatic rings. The van der Waals surface area contributed by atoms with E-state index in [-0.39, 0.29) is 28.8 Å². The average molecular weight is 316 g/mol. The molecule has 3 N–H and O–H groups in total. The minimum absolute atomic E-state index is 0.0206. The second-order valence-electron chi connectivity index (χ2n) is 5.21. The SMILES string of the molecule is Cc1[nH]c(C(=O)O)c(C)c1S(=O)(=O)NCCC1CCCO1. The van der Waals surface area contributed by atoms with Gasteiger partial charge in [-0.15, -0.1) is 0 Å². The van der Waals surface area contributed by atoms with Gasteiger partial charge in [-0.3, -0.25) is 0 Å². The van der Waals surface area contributed by atoms with Gasteiger partial charge in [0, 0.05) is 24.4 Å². The third-order valence-corrected chi connectivity index (χ3v) is 5.37. The Balaban J connectivity index is 2.10. The number of hydrogen-bond acceptors (Lipinski definition) is 4. The van der Waals surface area contributed by atoms with Crippen LogP contribution in [0.15, 0.2) is 4.90 Å². The number of carboxylic acids is 1. The number of hydrogen-bond donors (Lipinski definition) is 3. The molecule has 1 unspecified atom stereocenters. The number of aromatic amines is 1. The normalized spacial score (nSPS) is 19.0. The second-order valence-corrected chi connectivity index (χ2v) is 6.91. The summed E-state index contributed by atoms with van der Waals surface area (Å²) in [6.45, 7) is 4.05. The maximum Gasteiger partial charge on any atom is 0.352 e. The highest BCUT2D eigenvalue weighted by Gasteiger charge is 2.26. The van der Waals surface area contributed by atoms with E-state index in [0.717, 1.165) is 19.4 Å². The Morgan fingerprint density at radius 2 is 2.19 bits per heavy atom. The summed E-state index contributed by atoms with van der Waals surface area (Å²) >= 11 is 0. The molecule has 1 saturated heterocycles. The van der Waals surface area contributed by atoms with Crippen molar-refractivity contribution < 1.29 is 23.1 Å². The molecule has 1 aliphatic heterocycles. The first-order chi connectivity index (χ1) is 9.83. The van der Waals surface area contributed by atoms with Crippen LogP contribution in [0.3, 0.4) is 0 Å². The number of aryl methyl sites for hydroxylation is 1. The van der Waals surface area contributed by atoms with Crippen molar-refractivity contribution >= 4 is 16.0 Å². The van der Waals surface area contributed by atoms with Crippen molar-refractivity contribution in [3.63, 3.8) is 0 Å². The van der Waals surface area contributed by atoms with Crippen LogP contribution in [0.4, 0.5) is 0 Å². The number of H-pyrrole nitrogens is 1. The van der Waals surface area contributed by atoms with Crippen molar-refractivity contribution in [1.82, 2.24) is 9.71 Å². The first-order valence-electron chi connectivity index (χ1n) is 6.86. The molecule has 0 amide bonds. The molecule has 7 nitrogen and oxygen atoms in total. The number of ether oxygens (including phenoxy) is 1. The Bertz CT molecular complexity index is 629. The summed E-state index contributed by atoms with van der Waals surface area (Å²) in [4.78, 5) is 13.7. The summed E-state index contributed by atoms with van der Waals surface area (Å²) in [6.07, 6.45) is 2.69. The quantitative estimate of drug-likeness (QED) is 0.730.